The summed E-state index contributed by atoms with van der Waals surface area (Å²) < 4.78 is 31.8. The largest absolute Gasteiger partial charge is 0.294 e. The number of carbonyl (C=O) groups excluding carboxylic acids is 2. The van der Waals surface area contributed by atoms with E-state index >= 15 is 0 Å². The van der Waals surface area contributed by atoms with Crippen molar-refractivity contribution < 1.29 is 22.6 Å². The van der Waals surface area contributed by atoms with Gasteiger partial charge in [0.2, 0.25) is 0 Å². The highest BCUT2D eigenvalue weighted by molar-refractivity contribution is 7.85. The van der Waals surface area contributed by atoms with Gasteiger partial charge in [0, 0.05) is 22.3 Å². The number of hydrogen-bond donors (Lipinski definition) is 1. The lowest BCUT2D eigenvalue weighted by molar-refractivity contribution is 0.103. The Morgan fingerprint density at radius 1 is 0.731 bits per heavy atom. The lowest BCUT2D eigenvalue weighted by atomic mass is 9.98. The maximum Gasteiger partial charge on any atom is 0.294 e. The zero-order chi connectivity index (χ0) is 18.5. The maximum absolute atomic E-state index is 12.7. The smallest absolute Gasteiger partial charge is 0.289 e. The molecule has 0 heterocycles. The molecule has 128 valence electrons. The average Bonchev–Trinajstić information content (AvgIpc) is 2.93. The molecule has 0 fully saturated rings. The van der Waals surface area contributed by atoms with E-state index < -0.39 is 10.1 Å². The fraction of sp³-hybridized carbons (Fsp3) is 0. The zero-order valence-corrected chi connectivity index (χ0v) is 14.2. The molecule has 4 rings (SSSR count). The van der Waals surface area contributed by atoms with Crippen LogP contribution in [0.25, 0.3) is 11.1 Å². The van der Waals surface area contributed by atoms with Crippen LogP contribution in [0.3, 0.4) is 0 Å². The molecule has 0 aromatic heterocycles. The SMILES string of the molecule is O=C(c1ccccc1)c1ccc2c(c1)C(=O)c1cc(S(=O)(=O)O)ccc1-2. The van der Waals surface area contributed by atoms with Gasteiger partial charge in [-0.15, -0.1) is 0 Å². The fourth-order valence-electron chi connectivity index (χ4n) is 3.12. The third-order valence-corrected chi connectivity index (χ3v) is 5.24. The third-order valence-electron chi connectivity index (χ3n) is 4.39. The summed E-state index contributed by atoms with van der Waals surface area (Å²) >= 11 is 0. The Labute approximate surface area is 149 Å². The van der Waals surface area contributed by atoms with E-state index in [0.29, 0.717) is 27.8 Å². The van der Waals surface area contributed by atoms with E-state index in [1.807, 2.05) is 6.07 Å². The minimum absolute atomic E-state index is 0.194. The third kappa shape index (κ3) is 2.56. The van der Waals surface area contributed by atoms with Crippen molar-refractivity contribution >= 4 is 21.7 Å². The lowest BCUT2D eigenvalue weighted by Crippen LogP contribution is -2.04. The van der Waals surface area contributed by atoms with Gasteiger partial charge in [-0.3, -0.25) is 14.1 Å². The van der Waals surface area contributed by atoms with Gasteiger partial charge in [-0.2, -0.15) is 8.42 Å². The monoisotopic (exact) mass is 364 g/mol. The number of ketones is 2. The maximum atomic E-state index is 12.7. The van der Waals surface area contributed by atoms with Crippen LogP contribution in [0.4, 0.5) is 0 Å². The number of benzene rings is 3. The van der Waals surface area contributed by atoms with Crippen LogP contribution in [-0.2, 0) is 10.1 Å². The van der Waals surface area contributed by atoms with Crippen LogP contribution < -0.4 is 0 Å². The molecule has 1 N–H and O–H groups in total. The second-order valence-corrected chi connectivity index (χ2v) is 7.39. The van der Waals surface area contributed by atoms with Crippen LogP contribution in [0.15, 0.2) is 71.6 Å². The molecule has 3 aromatic rings. The van der Waals surface area contributed by atoms with Crippen LogP contribution in [0.5, 0.6) is 0 Å². The Hall–Kier alpha value is -3.09. The molecule has 3 aromatic carbocycles. The van der Waals surface area contributed by atoms with Gasteiger partial charge < -0.3 is 0 Å². The molecule has 5 nitrogen and oxygen atoms in total. The molecule has 26 heavy (non-hydrogen) atoms. The molecular formula is C20H12O5S. The van der Waals surface area contributed by atoms with Gasteiger partial charge in [-0.1, -0.05) is 48.5 Å². The summed E-state index contributed by atoms with van der Waals surface area (Å²) in [5.41, 5.74) is 2.65. The molecule has 0 atom stereocenters. The normalized spacial score (nSPS) is 12.6. The van der Waals surface area contributed by atoms with Crippen molar-refractivity contribution in [1.82, 2.24) is 0 Å². The van der Waals surface area contributed by atoms with Gasteiger partial charge in [0.25, 0.3) is 10.1 Å². The summed E-state index contributed by atoms with van der Waals surface area (Å²) in [6.45, 7) is 0. The van der Waals surface area contributed by atoms with Crippen molar-refractivity contribution in [1.29, 1.82) is 0 Å². The topological polar surface area (TPSA) is 88.5 Å². The Bertz CT molecular complexity index is 1180. The molecule has 6 heteroatoms. The molecule has 0 unspecified atom stereocenters. The van der Waals surface area contributed by atoms with Crippen LogP contribution in [0.1, 0.15) is 31.8 Å². The van der Waals surface area contributed by atoms with E-state index in [1.165, 1.54) is 18.2 Å². The highest BCUT2D eigenvalue weighted by Gasteiger charge is 2.29. The van der Waals surface area contributed by atoms with Crippen molar-refractivity contribution in [2.75, 3.05) is 0 Å². The minimum atomic E-state index is -4.40. The Balaban J connectivity index is 1.80. The van der Waals surface area contributed by atoms with E-state index in [9.17, 15) is 22.6 Å². The van der Waals surface area contributed by atoms with Gasteiger partial charge in [-0.25, -0.2) is 0 Å². The molecule has 0 saturated carbocycles. The molecule has 0 aliphatic heterocycles. The number of carbonyl (C=O) groups is 2. The van der Waals surface area contributed by atoms with E-state index in [-0.39, 0.29) is 22.0 Å². The summed E-state index contributed by atoms with van der Waals surface area (Å²) in [5, 5.41) is 0. The van der Waals surface area contributed by atoms with Crippen LogP contribution in [0, 0.1) is 0 Å². The van der Waals surface area contributed by atoms with Crippen molar-refractivity contribution in [2.45, 2.75) is 4.90 Å². The first-order valence-corrected chi connectivity index (χ1v) is 9.21. The van der Waals surface area contributed by atoms with Crippen molar-refractivity contribution in [3.63, 3.8) is 0 Å². The number of rotatable bonds is 3. The highest BCUT2D eigenvalue weighted by atomic mass is 32.2. The van der Waals surface area contributed by atoms with Crippen LogP contribution >= 0.6 is 0 Å². The summed E-state index contributed by atoms with van der Waals surface area (Å²) in [6.07, 6.45) is 0. The first kappa shape index (κ1) is 16.4. The molecular weight excluding hydrogens is 352 g/mol. The Morgan fingerprint density at radius 3 is 2.00 bits per heavy atom. The second-order valence-electron chi connectivity index (χ2n) is 5.97. The van der Waals surface area contributed by atoms with E-state index in [1.54, 1.807) is 36.4 Å². The van der Waals surface area contributed by atoms with Crippen molar-refractivity contribution in [3.05, 3.63) is 89.0 Å². The standard InChI is InChI=1S/C20H12O5S/c21-19(12-4-2-1-3-5-12)13-6-8-15-16-9-7-14(26(23,24)25)11-18(16)20(22)17(15)10-13/h1-11H,(H,23,24,25). The summed E-state index contributed by atoms with van der Waals surface area (Å²) in [6, 6.07) is 17.5. The van der Waals surface area contributed by atoms with Gasteiger partial charge in [0.05, 0.1) is 4.90 Å². The van der Waals surface area contributed by atoms with E-state index in [0.717, 1.165) is 6.07 Å². The molecule has 0 saturated heterocycles. The molecule has 0 bridgehead atoms. The summed E-state index contributed by atoms with van der Waals surface area (Å²) in [4.78, 5) is 24.9. The van der Waals surface area contributed by atoms with Crippen LogP contribution in [-0.4, -0.2) is 24.5 Å². The molecule has 1 aliphatic rings. The predicted octanol–water partition coefficient (Wildman–Crippen LogP) is 3.38. The summed E-state index contributed by atoms with van der Waals surface area (Å²) in [5.74, 6) is -0.570. The van der Waals surface area contributed by atoms with Crippen molar-refractivity contribution in [3.8, 4) is 11.1 Å². The van der Waals surface area contributed by atoms with Crippen LogP contribution in [0.2, 0.25) is 0 Å². The molecule has 0 spiro atoms. The van der Waals surface area contributed by atoms with Crippen molar-refractivity contribution in [2.24, 2.45) is 0 Å². The van der Waals surface area contributed by atoms with Gasteiger partial charge in [0.15, 0.2) is 11.6 Å². The van der Waals surface area contributed by atoms with Gasteiger partial charge >= 0.3 is 0 Å². The number of fused-ring (bicyclic) bond motifs is 3. The minimum Gasteiger partial charge on any atom is -0.289 e. The van der Waals surface area contributed by atoms with Gasteiger partial charge in [-0.05, 0) is 29.3 Å². The van der Waals surface area contributed by atoms with Gasteiger partial charge in [0.1, 0.15) is 0 Å². The highest BCUT2D eigenvalue weighted by Crippen LogP contribution is 2.38. The first-order chi connectivity index (χ1) is 12.4. The summed E-state index contributed by atoms with van der Waals surface area (Å²) in [7, 11) is -4.40. The van der Waals surface area contributed by atoms with E-state index in [2.05, 4.69) is 0 Å². The quantitative estimate of drug-likeness (QED) is 0.445. The zero-order valence-electron chi connectivity index (χ0n) is 13.3. The molecule has 0 radical (unpaired) electrons. The lowest BCUT2D eigenvalue weighted by Gasteiger charge is -2.04. The molecule has 0 amide bonds. The first-order valence-electron chi connectivity index (χ1n) is 7.77. The molecule has 1 aliphatic carbocycles. The average molecular weight is 364 g/mol. The Kier molecular flexibility index (Phi) is 3.61. The number of hydrogen-bond acceptors (Lipinski definition) is 4. The second kappa shape index (κ2) is 5.72. The predicted molar refractivity (Wildman–Crippen MR) is 95.0 cm³/mol. The fourth-order valence-corrected chi connectivity index (χ4v) is 3.62. The Morgan fingerprint density at radius 2 is 1.35 bits per heavy atom. The van der Waals surface area contributed by atoms with E-state index in [4.69, 9.17) is 0 Å².